The molecular formula is C14H23F2N3O2. The van der Waals surface area contributed by atoms with E-state index in [-0.39, 0.29) is 12.6 Å². The van der Waals surface area contributed by atoms with Crippen molar-refractivity contribution < 1.29 is 18.3 Å². The first-order valence-electron chi connectivity index (χ1n) is 6.80. The Hall–Kier alpha value is -1.31. The van der Waals surface area contributed by atoms with Crippen molar-refractivity contribution in [2.75, 3.05) is 20.3 Å². The molecule has 120 valence electrons. The summed E-state index contributed by atoms with van der Waals surface area (Å²) in [4.78, 5) is 4.39. The maximum Gasteiger partial charge on any atom is 0.261 e. The molecule has 3 N–H and O–H groups in total. The van der Waals surface area contributed by atoms with Gasteiger partial charge in [0.05, 0.1) is 7.11 Å². The van der Waals surface area contributed by atoms with Gasteiger partial charge in [0.25, 0.3) is 6.43 Å². The van der Waals surface area contributed by atoms with Crippen molar-refractivity contribution in [1.82, 2.24) is 10.4 Å². The van der Waals surface area contributed by atoms with Crippen molar-refractivity contribution in [2.24, 2.45) is 5.84 Å². The molecule has 1 unspecified atom stereocenters. The molecular weight excluding hydrogens is 280 g/mol. The van der Waals surface area contributed by atoms with Gasteiger partial charge in [0, 0.05) is 42.1 Å². The summed E-state index contributed by atoms with van der Waals surface area (Å²) in [5.74, 6) is 6.31. The summed E-state index contributed by atoms with van der Waals surface area (Å²) in [6, 6.07) is -0.0960. The Bertz CT molecular complexity index is 444. The molecule has 1 aromatic rings. The molecule has 1 heterocycles. The predicted octanol–water partition coefficient (Wildman–Crippen LogP) is 1.75. The van der Waals surface area contributed by atoms with Crippen molar-refractivity contribution in [3.05, 3.63) is 23.0 Å². The molecule has 0 bridgehead atoms. The van der Waals surface area contributed by atoms with E-state index < -0.39 is 13.0 Å². The van der Waals surface area contributed by atoms with Crippen LogP contribution in [0.15, 0.2) is 6.20 Å². The Morgan fingerprint density at radius 2 is 2.10 bits per heavy atom. The predicted molar refractivity (Wildman–Crippen MR) is 76.5 cm³/mol. The number of aryl methyl sites for hydroxylation is 1. The van der Waals surface area contributed by atoms with Gasteiger partial charge in [-0.3, -0.25) is 16.3 Å². The standard InChI is InChI=1S/C14H23F2N3O2/c1-9-7-18-12(10(2)14(9)20-3)6-11(19-17)4-5-21-8-13(15)16/h7,11,13,19H,4-6,8,17H2,1-3H3. The topological polar surface area (TPSA) is 69.4 Å². The zero-order chi connectivity index (χ0) is 15.8. The van der Waals surface area contributed by atoms with Crippen LogP contribution in [0.3, 0.4) is 0 Å². The first kappa shape index (κ1) is 17.7. The minimum Gasteiger partial charge on any atom is -0.496 e. The first-order chi connectivity index (χ1) is 9.99. The number of rotatable bonds is 9. The van der Waals surface area contributed by atoms with Crippen LogP contribution in [-0.2, 0) is 11.2 Å². The van der Waals surface area contributed by atoms with Crippen LogP contribution in [0.4, 0.5) is 8.78 Å². The fraction of sp³-hybridized carbons (Fsp3) is 0.643. The number of aromatic nitrogens is 1. The average molecular weight is 303 g/mol. The number of nitrogens with two attached hydrogens (primary N) is 1. The normalized spacial score (nSPS) is 12.7. The Morgan fingerprint density at radius 1 is 1.38 bits per heavy atom. The SMILES string of the molecule is COc1c(C)cnc(CC(CCOCC(F)F)NN)c1C. The summed E-state index contributed by atoms with van der Waals surface area (Å²) < 4.78 is 34.2. The highest BCUT2D eigenvalue weighted by molar-refractivity contribution is 5.41. The Labute approximate surface area is 123 Å². The van der Waals surface area contributed by atoms with E-state index in [4.69, 9.17) is 15.3 Å². The highest BCUT2D eigenvalue weighted by atomic mass is 19.3. The van der Waals surface area contributed by atoms with Gasteiger partial charge in [-0.2, -0.15) is 0 Å². The Morgan fingerprint density at radius 3 is 2.67 bits per heavy atom. The van der Waals surface area contributed by atoms with E-state index in [1.807, 2.05) is 13.8 Å². The quantitative estimate of drug-likeness (QED) is 0.413. The summed E-state index contributed by atoms with van der Waals surface area (Å²) in [7, 11) is 1.62. The maximum atomic E-state index is 12.0. The van der Waals surface area contributed by atoms with Gasteiger partial charge in [-0.05, 0) is 20.3 Å². The number of halogens is 2. The minimum absolute atomic E-state index is 0.0960. The molecule has 0 saturated heterocycles. The molecule has 0 amide bonds. The number of ether oxygens (including phenoxy) is 2. The van der Waals surface area contributed by atoms with Gasteiger partial charge in [0.1, 0.15) is 12.4 Å². The van der Waals surface area contributed by atoms with Crippen LogP contribution in [0.1, 0.15) is 23.2 Å². The summed E-state index contributed by atoms with van der Waals surface area (Å²) in [6.45, 7) is 3.54. The van der Waals surface area contributed by atoms with Gasteiger partial charge in [-0.25, -0.2) is 8.78 Å². The van der Waals surface area contributed by atoms with Crippen LogP contribution in [0, 0.1) is 13.8 Å². The second-order valence-corrected chi connectivity index (χ2v) is 4.87. The van der Waals surface area contributed by atoms with Gasteiger partial charge in [-0.15, -0.1) is 0 Å². The fourth-order valence-corrected chi connectivity index (χ4v) is 2.15. The average Bonchev–Trinajstić information content (AvgIpc) is 2.45. The molecule has 1 atom stereocenters. The maximum absolute atomic E-state index is 12.0. The summed E-state index contributed by atoms with van der Waals surface area (Å²) >= 11 is 0. The van der Waals surface area contributed by atoms with Crippen molar-refractivity contribution >= 4 is 0 Å². The van der Waals surface area contributed by atoms with Gasteiger partial charge in [0.15, 0.2) is 0 Å². The summed E-state index contributed by atoms with van der Waals surface area (Å²) in [6.07, 6.45) is 0.416. The number of pyridine rings is 1. The highest BCUT2D eigenvalue weighted by Gasteiger charge is 2.15. The molecule has 0 aromatic carbocycles. The van der Waals surface area contributed by atoms with Crippen LogP contribution in [0.25, 0.3) is 0 Å². The van der Waals surface area contributed by atoms with Gasteiger partial charge in [-0.1, -0.05) is 0 Å². The lowest BCUT2D eigenvalue weighted by Gasteiger charge is -2.18. The summed E-state index contributed by atoms with van der Waals surface area (Å²) in [5.41, 5.74) is 5.47. The van der Waals surface area contributed by atoms with E-state index in [0.29, 0.717) is 12.8 Å². The van der Waals surface area contributed by atoms with Crippen LogP contribution in [0.5, 0.6) is 5.75 Å². The second kappa shape index (κ2) is 8.86. The van der Waals surface area contributed by atoms with E-state index in [1.165, 1.54) is 0 Å². The molecule has 0 aliphatic rings. The second-order valence-electron chi connectivity index (χ2n) is 4.87. The van der Waals surface area contributed by atoms with E-state index in [0.717, 1.165) is 22.6 Å². The molecule has 0 fully saturated rings. The van der Waals surface area contributed by atoms with Gasteiger partial charge >= 0.3 is 0 Å². The first-order valence-corrected chi connectivity index (χ1v) is 6.80. The lowest BCUT2D eigenvalue weighted by molar-refractivity contribution is 0.0144. The Balaban J connectivity index is 2.61. The van der Waals surface area contributed by atoms with E-state index in [2.05, 4.69) is 10.4 Å². The summed E-state index contributed by atoms with van der Waals surface area (Å²) in [5, 5.41) is 0. The van der Waals surface area contributed by atoms with Crippen LogP contribution in [0.2, 0.25) is 0 Å². The molecule has 1 aromatic heterocycles. The molecule has 5 nitrogen and oxygen atoms in total. The van der Waals surface area contributed by atoms with Crippen LogP contribution >= 0.6 is 0 Å². The van der Waals surface area contributed by atoms with E-state index in [1.54, 1.807) is 13.3 Å². The van der Waals surface area contributed by atoms with E-state index >= 15 is 0 Å². The number of alkyl halides is 2. The number of nitrogens with one attached hydrogen (secondary N) is 1. The molecule has 0 aliphatic carbocycles. The molecule has 0 spiro atoms. The molecule has 1 rings (SSSR count). The Kier molecular flexibility index (Phi) is 7.49. The van der Waals surface area contributed by atoms with Gasteiger partial charge < -0.3 is 9.47 Å². The lowest BCUT2D eigenvalue weighted by Crippen LogP contribution is -2.38. The van der Waals surface area contributed by atoms with Crippen LogP contribution in [-0.4, -0.2) is 37.8 Å². The number of hydrogen-bond donors (Lipinski definition) is 2. The van der Waals surface area contributed by atoms with Crippen molar-refractivity contribution in [3.8, 4) is 5.75 Å². The van der Waals surface area contributed by atoms with Crippen LogP contribution < -0.4 is 16.0 Å². The molecule has 0 aliphatic heterocycles. The third-order valence-corrected chi connectivity index (χ3v) is 3.28. The molecule has 21 heavy (non-hydrogen) atoms. The lowest BCUT2D eigenvalue weighted by atomic mass is 10.0. The molecule has 0 saturated carbocycles. The fourth-order valence-electron chi connectivity index (χ4n) is 2.15. The molecule has 0 radical (unpaired) electrons. The number of hydrogen-bond acceptors (Lipinski definition) is 5. The monoisotopic (exact) mass is 303 g/mol. The highest BCUT2D eigenvalue weighted by Crippen LogP contribution is 2.24. The largest absolute Gasteiger partial charge is 0.496 e. The number of nitrogens with zero attached hydrogens (tertiary/aromatic N) is 1. The van der Waals surface area contributed by atoms with Crippen molar-refractivity contribution in [3.63, 3.8) is 0 Å². The number of hydrazine groups is 1. The minimum atomic E-state index is -2.44. The molecule has 7 heteroatoms. The smallest absolute Gasteiger partial charge is 0.261 e. The number of methoxy groups -OCH3 is 1. The zero-order valence-corrected chi connectivity index (χ0v) is 12.7. The van der Waals surface area contributed by atoms with E-state index in [9.17, 15) is 8.78 Å². The third-order valence-electron chi connectivity index (χ3n) is 3.28. The van der Waals surface area contributed by atoms with Gasteiger partial charge in [0.2, 0.25) is 0 Å². The zero-order valence-electron chi connectivity index (χ0n) is 12.7. The van der Waals surface area contributed by atoms with Crippen molar-refractivity contribution in [2.45, 2.75) is 39.2 Å². The third kappa shape index (κ3) is 5.53. The van der Waals surface area contributed by atoms with Crippen molar-refractivity contribution in [1.29, 1.82) is 0 Å².